The molecule has 2 heterocycles. The zero-order valence-electron chi connectivity index (χ0n) is 14.7. The highest BCUT2D eigenvalue weighted by atomic mass is 79.9. The molecular formula is C19H16BrN5O2. The number of halogens is 1. The smallest absolute Gasteiger partial charge is 0.234 e. The normalized spacial score (nSPS) is 10.8. The lowest BCUT2D eigenvalue weighted by Crippen LogP contribution is -2.02. The van der Waals surface area contributed by atoms with Crippen molar-refractivity contribution in [3.05, 3.63) is 59.3 Å². The van der Waals surface area contributed by atoms with Gasteiger partial charge in [-0.25, -0.2) is 0 Å². The van der Waals surface area contributed by atoms with Crippen molar-refractivity contribution >= 4 is 33.2 Å². The molecule has 0 bridgehead atoms. The molecule has 0 spiro atoms. The summed E-state index contributed by atoms with van der Waals surface area (Å²) in [6, 6.07) is 13.7. The molecule has 0 fully saturated rings. The standard InChI is InChI=1S/C19H16BrN5O2/c1-26-16-8-13(20)14(9-17(16)27-2)22-19-24-23-18-11-21-10-15(25(18)19)12-6-4-3-5-7-12/h3-11H,1-2H3,(H,22,24). The Bertz CT molecular complexity index is 1100. The van der Waals surface area contributed by atoms with Gasteiger partial charge in [-0.15, -0.1) is 10.2 Å². The van der Waals surface area contributed by atoms with Gasteiger partial charge in [-0.3, -0.25) is 9.38 Å². The van der Waals surface area contributed by atoms with E-state index in [0.29, 0.717) is 23.1 Å². The maximum absolute atomic E-state index is 5.39. The minimum atomic E-state index is 0.569. The lowest BCUT2D eigenvalue weighted by atomic mass is 10.1. The quantitative estimate of drug-likeness (QED) is 0.513. The van der Waals surface area contributed by atoms with Crippen LogP contribution in [0.2, 0.25) is 0 Å². The van der Waals surface area contributed by atoms with E-state index >= 15 is 0 Å². The summed E-state index contributed by atoms with van der Waals surface area (Å²) in [5, 5.41) is 11.8. The third-order valence-electron chi connectivity index (χ3n) is 4.11. The van der Waals surface area contributed by atoms with Gasteiger partial charge in [-0.2, -0.15) is 0 Å². The van der Waals surface area contributed by atoms with Crippen molar-refractivity contribution < 1.29 is 9.47 Å². The van der Waals surface area contributed by atoms with Crippen molar-refractivity contribution in [2.45, 2.75) is 0 Å². The largest absolute Gasteiger partial charge is 0.493 e. The highest BCUT2D eigenvalue weighted by molar-refractivity contribution is 9.10. The van der Waals surface area contributed by atoms with Gasteiger partial charge in [0.25, 0.3) is 0 Å². The first-order valence-electron chi connectivity index (χ1n) is 8.14. The SMILES string of the molecule is COc1cc(Br)c(Nc2nnc3cncc(-c4ccccc4)n23)cc1OC. The number of aromatic nitrogens is 4. The van der Waals surface area contributed by atoms with Crippen LogP contribution in [0.1, 0.15) is 0 Å². The average Bonchev–Trinajstić information content (AvgIpc) is 3.13. The number of fused-ring (bicyclic) bond motifs is 1. The second-order valence-corrected chi connectivity index (χ2v) is 6.54. The maximum atomic E-state index is 5.39. The minimum absolute atomic E-state index is 0.569. The minimum Gasteiger partial charge on any atom is -0.493 e. The first kappa shape index (κ1) is 17.3. The molecule has 4 rings (SSSR count). The van der Waals surface area contributed by atoms with E-state index in [1.165, 1.54) is 0 Å². The van der Waals surface area contributed by atoms with Gasteiger partial charge >= 0.3 is 0 Å². The number of methoxy groups -OCH3 is 2. The molecule has 0 saturated carbocycles. The number of nitrogens with one attached hydrogen (secondary N) is 1. The van der Waals surface area contributed by atoms with Crippen LogP contribution in [0.15, 0.2) is 59.3 Å². The molecule has 0 atom stereocenters. The van der Waals surface area contributed by atoms with E-state index in [1.54, 1.807) is 26.6 Å². The van der Waals surface area contributed by atoms with Crippen molar-refractivity contribution in [3.8, 4) is 22.8 Å². The highest BCUT2D eigenvalue weighted by Gasteiger charge is 2.15. The van der Waals surface area contributed by atoms with Crippen LogP contribution in [0.4, 0.5) is 11.6 Å². The third-order valence-corrected chi connectivity index (χ3v) is 4.76. The van der Waals surface area contributed by atoms with Crippen LogP contribution < -0.4 is 14.8 Å². The Morgan fingerprint density at radius 2 is 1.70 bits per heavy atom. The van der Waals surface area contributed by atoms with E-state index in [9.17, 15) is 0 Å². The zero-order chi connectivity index (χ0) is 18.8. The van der Waals surface area contributed by atoms with Gasteiger partial charge in [0.2, 0.25) is 5.95 Å². The van der Waals surface area contributed by atoms with E-state index in [4.69, 9.17) is 9.47 Å². The van der Waals surface area contributed by atoms with E-state index in [1.807, 2.05) is 46.9 Å². The Labute approximate surface area is 164 Å². The van der Waals surface area contributed by atoms with E-state index in [0.717, 1.165) is 21.4 Å². The molecule has 136 valence electrons. The van der Waals surface area contributed by atoms with Crippen molar-refractivity contribution in [3.63, 3.8) is 0 Å². The van der Waals surface area contributed by atoms with Crippen LogP contribution >= 0.6 is 15.9 Å². The number of hydrogen-bond donors (Lipinski definition) is 1. The monoisotopic (exact) mass is 425 g/mol. The molecule has 0 saturated heterocycles. The first-order chi connectivity index (χ1) is 13.2. The van der Waals surface area contributed by atoms with Crippen LogP contribution in [0.3, 0.4) is 0 Å². The van der Waals surface area contributed by atoms with E-state index in [2.05, 4.69) is 36.4 Å². The van der Waals surface area contributed by atoms with Gasteiger partial charge in [0.1, 0.15) is 0 Å². The molecule has 0 aliphatic heterocycles. The molecule has 8 heteroatoms. The van der Waals surface area contributed by atoms with Crippen LogP contribution in [0.25, 0.3) is 16.9 Å². The van der Waals surface area contributed by atoms with Gasteiger partial charge in [0.05, 0.1) is 38.0 Å². The first-order valence-corrected chi connectivity index (χ1v) is 8.93. The Morgan fingerprint density at radius 1 is 0.963 bits per heavy atom. The van der Waals surface area contributed by atoms with Crippen LogP contribution in [0.5, 0.6) is 11.5 Å². The van der Waals surface area contributed by atoms with Crippen LogP contribution in [-0.4, -0.2) is 33.8 Å². The van der Waals surface area contributed by atoms with E-state index < -0.39 is 0 Å². The van der Waals surface area contributed by atoms with Crippen molar-refractivity contribution in [1.29, 1.82) is 0 Å². The predicted octanol–water partition coefficient (Wildman–Crippen LogP) is 4.31. The number of hydrogen-bond acceptors (Lipinski definition) is 6. The molecule has 2 aromatic carbocycles. The van der Waals surface area contributed by atoms with E-state index in [-0.39, 0.29) is 0 Å². The van der Waals surface area contributed by atoms with Crippen molar-refractivity contribution in [1.82, 2.24) is 19.6 Å². The summed E-state index contributed by atoms with van der Waals surface area (Å²) in [6.45, 7) is 0. The summed E-state index contributed by atoms with van der Waals surface area (Å²) in [4.78, 5) is 4.28. The number of rotatable bonds is 5. The summed E-state index contributed by atoms with van der Waals surface area (Å²) in [7, 11) is 3.20. The molecule has 2 aromatic heterocycles. The van der Waals surface area contributed by atoms with Crippen molar-refractivity contribution in [2.75, 3.05) is 19.5 Å². The highest BCUT2D eigenvalue weighted by Crippen LogP contribution is 2.37. The fraction of sp³-hybridized carbons (Fsp3) is 0.105. The Morgan fingerprint density at radius 3 is 2.44 bits per heavy atom. The second-order valence-electron chi connectivity index (χ2n) is 5.69. The van der Waals surface area contributed by atoms with Gasteiger partial charge in [-0.05, 0) is 15.9 Å². The molecule has 0 radical (unpaired) electrons. The Kier molecular flexibility index (Phi) is 4.64. The topological polar surface area (TPSA) is 73.6 Å². The molecule has 0 unspecified atom stereocenters. The predicted molar refractivity (Wildman–Crippen MR) is 107 cm³/mol. The maximum Gasteiger partial charge on any atom is 0.234 e. The summed E-state index contributed by atoms with van der Waals surface area (Å²) >= 11 is 3.56. The van der Waals surface area contributed by atoms with Gasteiger partial charge in [-0.1, -0.05) is 30.3 Å². The molecule has 1 N–H and O–H groups in total. The van der Waals surface area contributed by atoms with Gasteiger partial charge < -0.3 is 14.8 Å². The van der Waals surface area contributed by atoms with Crippen LogP contribution in [0, 0.1) is 0 Å². The fourth-order valence-electron chi connectivity index (χ4n) is 2.81. The third kappa shape index (κ3) is 3.19. The fourth-order valence-corrected chi connectivity index (χ4v) is 3.24. The van der Waals surface area contributed by atoms with Crippen molar-refractivity contribution in [2.24, 2.45) is 0 Å². The number of ether oxygens (including phenoxy) is 2. The Balaban J connectivity index is 1.82. The van der Waals surface area contributed by atoms with Crippen LogP contribution in [-0.2, 0) is 0 Å². The molecule has 0 amide bonds. The molecular weight excluding hydrogens is 410 g/mol. The zero-order valence-corrected chi connectivity index (χ0v) is 16.3. The van der Waals surface area contributed by atoms with Gasteiger partial charge in [0.15, 0.2) is 17.1 Å². The molecule has 4 aromatic rings. The lowest BCUT2D eigenvalue weighted by Gasteiger charge is -2.13. The second kappa shape index (κ2) is 7.24. The summed E-state index contributed by atoms with van der Waals surface area (Å²) in [5.74, 6) is 1.82. The number of nitrogens with zero attached hydrogens (tertiary/aromatic N) is 4. The van der Waals surface area contributed by atoms with Gasteiger partial charge in [0, 0.05) is 22.2 Å². The number of benzene rings is 2. The lowest BCUT2D eigenvalue weighted by molar-refractivity contribution is 0.355. The molecule has 27 heavy (non-hydrogen) atoms. The molecule has 7 nitrogen and oxygen atoms in total. The summed E-state index contributed by atoms with van der Waals surface area (Å²) in [5.41, 5.74) is 3.33. The molecule has 0 aliphatic carbocycles. The average molecular weight is 426 g/mol. The number of anilines is 2. The summed E-state index contributed by atoms with van der Waals surface area (Å²) < 4.78 is 13.5. The summed E-state index contributed by atoms with van der Waals surface area (Å²) in [6.07, 6.45) is 3.47. The molecule has 0 aliphatic rings. The Hall–Kier alpha value is -3.13.